The molecule has 0 spiro atoms. The van der Waals surface area contributed by atoms with Crippen LogP contribution in [0.4, 0.5) is 0 Å². The van der Waals surface area contributed by atoms with Crippen molar-refractivity contribution in [3.05, 3.63) is 63.1 Å². The van der Waals surface area contributed by atoms with Crippen molar-refractivity contribution in [2.75, 3.05) is 6.61 Å². The molecule has 0 aromatic heterocycles. The van der Waals surface area contributed by atoms with E-state index >= 15 is 0 Å². The highest BCUT2D eigenvalue weighted by molar-refractivity contribution is 6.36. The number of rotatable bonds is 12. The molecule has 33 heavy (non-hydrogen) atoms. The van der Waals surface area contributed by atoms with E-state index in [0.29, 0.717) is 45.8 Å². The predicted octanol–water partition coefficient (Wildman–Crippen LogP) is 6.53. The molecule has 0 fully saturated rings. The van der Waals surface area contributed by atoms with Crippen molar-refractivity contribution in [3.63, 3.8) is 0 Å². The van der Waals surface area contributed by atoms with Gasteiger partial charge >= 0.3 is 0 Å². The number of carbonyl (C=O) groups is 2. The molecule has 0 heterocycles. The Morgan fingerprint density at radius 1 is 1.00 bits per heavy atom. The van der Waals surface area contributed by atoms with Crippen LogP contribution in [0, 0.1) is 0 Å². The van der Waals surface area contributed by atoms with Gasteiger partial charge in [0, 0.05) is 39.6 Å². The summed E-state index contributed by atoms with van der Waals surface area (Å²) >= 11 is 18.6. The number of hydrogen-bond donors (Lipinski definition) is 1. The maximum atomic E-state index is 13.3. The molecule has 5 nitrogen and oxygen atoms in total. The van der Waals surface area contributed by atoms with Crippen LogP contribution in [0.25, 0.3) is 0 Å². The van der Waals surface area contributed by atoms with Crippen molar-refractivity contribution in [1.82, 2.24) is 10.2 Å². The highest BCUT2D eigenvalue weighted by Crippen LogP contribution is 2.27. The number of hydrogen-bond acceptors (Lipinski definition) is 3. The average molecular weight is 514 g/mol. The molecule has 0 aliphatic heterocycles. The van der Waals surface area contributed by atoms with Crippen molar-refractivity contribution >= 4 is 46.6 Å². The average Bonchev–Trinajstić information content (AvgIpc) is 2.79. The van der Waals surface area contributed by atoms with E-state index in [4.69, 9.17) is 39.5 Å². The van der Waals surface area contributed by atoms with Crippen LogP contribution >= 0.6 is 34.8 Å². The summed E-state index contributed by atoms with van der Waals surface area (Å²) in [6, 6.07) is 11.6. The molecule has 2 rings (SSSR count). The quantitative estimate of drug-likeness (QED) is 0.328. The summed E-state index contributed by atoms with van der Waals surface area (Å²) in [6.45, 7) is 6.35. The number of benzene rings is 2. The van der Waals surface area contributed by atoms with E-state index in [0.717, 1.165) is 6.42 Å². The summed E-state index contributed by atoms with van der Waals surface area (Å²) in [4.78, 5) is 27.8. The molecule has 2 atom stereocenters. The van der Waals surface area contributed by atoms with Crippen molar-refractivity contribution in [3.8, 4) is 5.75 Å². The van der Waals surface area contributed by atoms with Gasteiger partial charge < -0.3 is 15.0 Å². The summed E-state index contributed by atoms with van der Waals surface area (Å²) < 4.78 is 5.70. The summed E-state index contributed by atoms with van der Waals surface area (Å²) in [7, 11) is 0. The number of carbonyl (C=O) groups excluding carboxylic acids is 2. The van der Waals surface area contributed by atoms with Crippen molar-refractivity contribution in [2.45, 2.75) is 65.1 Å². The van der Waals surface area contributed by atoms with Crippen LogP contribution in [0.15, 0.2) is 42.5 Å². The number of amides is 2. The normalized spacial score (nSPS) is 12.7. The monoisotopic (exact) mass is 512 g/mol. The van der Waals surface area contributed by atoms with Crippen molar-refractivity contribution in [2.24, 2.45) is 0 Å². The van der Waals surface area contributed by atoms with E-state index in [1.54, 1.807) is 47.4 Å². The van der Waals surface area contributed by atoms with E-state index < -0.39 is 6.04 Å². The summed E-state index contributed by atoms with van der Waals surface area (Å²) in [6.07, 6.45) is 1.99. The second-order valence-corrected chi connectivity index (χ2v) is 9.12. The fraction of sp³-hybridized carbons (Fsp3) is 0.440. The molecule has 0 saturated carbocycles. The number of nitrogens with zero attached hydrogens (tertiary/aromatic N) is 1. The third-order valence-electron chi connectivity index (χ3n) is 5.39. The molecule has 2 aromatic rings. The van der Waals surface area contributed by atoms with Gasteiger partial charge in [0.15, 0.2) is 0 Å². The number of ether oxygens (including phenoxy) is 1. The van der Waals surface area contributed by atoms with E-state index in [9.17, 15) is 9.59 Å². The second kappa shape index (κ2) is 13.7. The molecular weight excluding hydrogens is 483 g/mol. The first-order valence-electron chi connectivity index (χ1n) is 11.2. The first kappa shape index (κ1) is 27.3. The third kappa shape index (κ3) is 8.40. The van der Waals surface area contributed by atoms with Crippen LogP contribution in [0.5, 0.6) is 5.75 Å². The Kier molecular flexibility index (Phi) is 11.3. The predicted molar refractivity (Wildman–Crippen MR) is 135 cm³/mol. The van der Waals surface area contributed by atoms with Gasteiger partial charge in [-0.2, -0.15) is 0 Å². The van der Waals surface area contributed by atoms with Gasteiger partial charge in [0.2, 0.25) is 11.8 Å². The first-order valence-corrected chi connectivity index (χ1v) is 12.3. The minimum atomic E-state index is -0.629. The van der Waals surface area contributed by atoms with Crippen LogP contribution in [-0.4, -0.2) is 35.4 Å². The van der Waals surface area contributed by atoms with Gasteiger partial charge in [-0.3, -0.25) is 9.59 Å². The topological polar surface area (TPSA) is 58.6 Å². The van der Waals surface area contributed by atoms with E-state index in [-0.39, 0.29) is 30.8 Å². The summed E-state index contributed by atoms with van der Waals surface area (Å²) in [5, 5.41) is 4.55. The fourth-order valence-electron chi connectivity index (χ4n) is 3.30. The Balaban J connectivity index is 2.13. The lowest BCUT2D eigenvalue weighted by Gasteiger charge is -2.32. The van der Waals surface area contributed by atoms with Crippen LogP contribution in [0.3, 0.4) is 0 Å². The smallest absolute Gasteiger partial charge is 0.243 e. The largest absolute Gasteiger partial charge is 0.494 e. The Morgan fingerprint density at radius 2 is 1.64 bits per heavy atom. The zero-order valence-electron chi connectivity index (χ0n) is 19.2. The Labute approximate surface area is 211 Å². The molecule has 2 aromatic carbocycles. The lowest BCUT2D eigenvalue weighted by Crippen LogP contribution is -2.50. The van der Waals surface area contributed by atoms with Crippen LogP contribution in [0.2, 0.25) is 15.1 Å². The molecule has 1 N–H and O–H groups in total. The molecule has 0 aliphatic carbocycles. The van der Waals surface area contributed by atoms with Gasteiger partial charge in [0.25, 0.3) is 0 Å². The first-order chi connectivity index (χ1) is 15.8. The van der Waals surface area contributed by atoms with E-state index in [2.05, 4.69) is 5.32 Å². The third-order valence-corrected chi connectivity index (χ3v) is 6.35. The highest BCUT2D eigenvalue weighted by atomic mass is 35.5. The lowest BCUT2D eigenvalue weighted by atomic mass is 10.1. The fourth-order valence-corrected chi connectivity index (χ4v) is 3.95. The molecule has 180 valence electrons. The maximum absolute atomic E-state index is 13.3. The van der Waals surface area contributed by atoms with E-state index in [1.807, 2.05) is 20.8 Å². The summed E-state index contributed by atoms with van der Waals surface area (Å²) in [5.41, 5.74) is 0.626. The molecule has 8 heteroatoms. The Hall–Kier alpha value is -1.95. The van der Waals surface area contributed by atoms with Crippen LogP contribution < -0.4 is 10.1 Å². The molecule has 0 bridgehead atoms. The zero-order valence-corrected chi connectivity index (χ0v) is 21.5. The second-order valence-electron chi connectivity index (χ2n) is 7.87. The van der Waals surface area contributed by atoms with Gasteiger partial charge in [-0.25, -0.2) is 0 Å². The Morgan fingerprint density at radius 3 is 2.21 bits per heavy atom. The minimum Gasteiger partial charge on any atom is -0.494 e. The minimum absolute atomic E-state index is 0.0141. The van der Waals surface area contributed by atoms with Gasteiger partial charge in [0.05, 0.1) is 6.61 Å². The standard InChI is InChI=1S/C25H31Cl3N2O3/c1-4-17(3)29-25(32)23(5-2)30(16-20-21(27)8-6-9-22(20)28)24(31)10-7-15-33-19-13-11-18(26)12-14-19/h6,8-9,11-14,17,23H,4-5,7,10,15-16H2,1-3H3,(H,29,32)/t17-,23-/m0/s1. The van der Waals surface area contributed by atoms with Gasteiger partial charge in [-0.05, 0) is 62.6 Å². The van der Waals surface area contributed by atoms with Gasteiger partial charge in [0.1, 0.15) is 11.8 Å². The zero-order chi connectivity index (χ0) is 24.4. The Bertz CT molecular complexity index is 901. The molecule has 0 unspecified atom stereocenters. The van der Waals surface area contributed by atoms with Gasteiger partial charge in [-0.1, -0.05) is 54.7 Å². The maximum Gasteiger partial charge on any atom is 0.243 e. The van der Waals surface area contributed by atoms with E-state index in [1.165, 1.54) is 0 Å². The SMILES string of the molecule is CC[C@H](C)NC(=O)[C@H](CC)N(Cc1c(Cl)cccc1Cl)C(=O)CCCOc1ccc(Cl)cc1. The van der Waals surface area contributed by atoms with Crippen molar-refractivity contribution in [1.29, 1.82) is 0 Å². The number of nitrogens with one attached hydrogen (secondary N) is 1. The van der Waals surface area contributed by atoms with Crippen molar-refractivity contribution < 1.29 is 14.3 Å². The molecule has 0 radical (unpaired) electrons. The lowest BCUT2D eigenvalue weighted by molar-refractivity contribution is -0.141. The summed E-state index contributed by atoms with van der Waals surface area (Å²) in [5.74, 6) is 0.351. The molecule has 0 saturated heterocycles. The number of halogens is 3. The van der Waals surface area contributed by atoms with Crippen LogP contribution in [-0.2, 0) is 16.1 Å². The molecule has 0 aliphatic rings. The van der Waals surface area contributed by atoms with Crippen LogP contribution in [0.1, 0.15) is 52.0 Å². The molecule has 2 amide bonds. The molecular formula is C25H31Cl3N2O3. The highest BCUT2D eigenvalue weighted by Gasteiger charge is 2.30. The van der Waals surface area contributed by atoms with Gasteiger partial charge in [-0.15, -0.1) is 0 Å².